The molecule has 1 atom stereocenters. The maximum absolute atomic E-state index is 12.5. The van der Waals surface area contributed by atoms with Gasteiger partial charge in [-0.2, -0.15) is 4.31 Å². The molecule has 2 aromatic rings. The number of nitrogens with zero attached hydrogens (tertiary/aromatic N) is 3. The number of carbonyl (C=O) groups excluding carboxylic acids is 1. The van der Waals surface area contributed by atoms with Gasteiger partial charge in [0.2, 0.25) is 15.9 Å². The van der Waals surface area contributed by atoms with Crippen molar-refractivity contribution in [3.05, 3.63) is 42.6 Å². The molecule has 158 valence electrons. The molecule has 0 saturated carbocycles. The molecule has 1 N–H and O–H groups in total. The average Bonchev–Trinajstić information content (AvgIpc) is 2.69. The minimum absolute atomic E-state index is 0.144. The fourth-order valence-electron chi connectivity index (χ4n) is 2.62. The van der Waals surface area contributed by atoms with Crippen LogP contribution in [0.1, 0.15) is 20.8 Å². The second-order valence-corrected chi connectivity index (χ2v) is 9.91. The average molecular weight is 437 g/mol. The summed E-state index contributed by atoms with van der Waals surface area (Å²) < 4.78 is 26.4. The lowest BCUT2D eigenvalue weighted by molar-refractivity contribution is -0.115. The van der Waals surface area contributed by atoms with Crippen LogP contribution in [0.25, 0.3) is 0 Å². The van der Waals surface area contributed by atoms with E-state index in [1.165, 1.54) is 28.3 Å². The van der Waals surface area contributed by atoms with Crippen LogP contribution in [0.2, 0.25) is 0 Å². The van der Waals surface area contributed by atoms with E-state index in [1.807, 2.05) is 43.3 Å². The van der Waals surface area contributed by atoms with Crippen LogP contribution in [-0.2, 0) is 14.8 Å². The lowest BCUT2D eigenvalue weighted by atomic mass is 10.2. The van der Waals surface area contributed by atoms with E-state index in [1.54, 1.807) is 26.8 Å². The monoisotopic (exact) mass is 436 g/mol. The second kappa shape index (κ2) is 10.1. The first kappa shape index (κ1) is 23.2. The Morgan fingerprint density at radius 3 is 2.21 bits per heavy atom. The number of hydrogen-bond acceptors (Lipinski definition) is 6. The third-order valence-corrected chi connectivity index (χ3v) is 7.45. The van der Waals surface area contributed by atoms with Crippen molar-refractivity contribution in [2.24, 2.45) is 0 Å². The molecule has 0 saturated heterocycles. The summed E-state index contributed by atoms with van der Waals surface area (Å²) in [6, 6.07) is 10.8. The summed E-state index contributed by atoms with van der Waals surface area (Å²) in [4.78, 5) is 18.8. The van der Waals surface area contributed by atoms with Gasteiger partial charge in [0.05, 0.1) is 10.3 Å². The van der Waals surface area contributed by atoms with E-state index in [4.69, 9.17) is 0 Å². The third kappa shape index (κ3) is 5.94. The minimum Gasteiger partial charge on any atom is -0.378 e. The van der Waals surface area contributed by atoms with Crippen LogP contribution in [0.4, 0.5) is 11.4 Å². The highest BCUT2D eigenvalue weighted by Crippen LogP contribution is 2.24. The molecule has 0 aliphatic carbocycles. The van der Waals surface area contributed by atoms with Crippen molar-refractivity contribution in [3.8, 4) is 0 Å². The lowest BCUT2D eigenvalue weighted by Crippen LogP contribution is -2.30. The van der Waals surface area contributed by atoms with Crippen molar-refractivity contribution >= 4 is 39.1 Å². The lowest BCUT2D eigenvalue weighted by Gasteiger charge is -2.18. The number of thioether (sulfide) groups is 1. The Labute approximate surface area is 177 Å². The number of nitrogens with one attached hydrogen (secondary N) is 1. The molecule has 0 radical (unpaired) electrons. The van der Waals surface area contributed by atoms with Crippen LogP contribution in [0.3, 0.4) is 0 Å². The van der Waals surface area contributed by atoms with Gasteiger partial charge in [-0.25, -0.2) is 13.4 Å². The fraction of sp³-hybridized carbons (Fsp3) is 0.400. The number of sulfonamides is 1. The largest absolute Gasteiger partial charge is 0.378 e. The van der Waals surface area contributed by atoms with Gasteiger partial charge in [0, 0.05) is 44.8 Å². The summed E-state index contributed by atoms with van der Waals surface area (Å²) in [5.74, 6) is -0.144. The van der Waals surface area contributed by atoms with Crippen molar-refractivity contribution in [1.82, 2.24) is 9.29 Å². The number of hydrogen-bond donors (Lipinski definition) is 1. The molecule has 0 spiro atoms. The van der Waals surface area contributed by atoms with E-state index >= 15 is 0 Å². The summed E-state index contributed by atoms with van der Waals surface area (Å²) in [5.41, 5.74) is 1.77. The van der Waals surface area contributed by atoms with E-state index in [2.05, 4.69) is 10.3 Å². The quantitative estimate of drug-likeness (QED) is 0.608. The zero-order valence-corrected chi connectivity index (χ0v) is 19.0. The maximum atomic E-state index is 12.5. The number of amides is 1. The molecule has 0 aliphatic heterocycles. The van der Waals surface area contributed by atoms with Gasteiger partial charge < -0.3 is 10.2 Å². The van der Waals surface area contributed by atoms with Crippen LogP contribution in [0.15, 0.2) is 52.5 Å². The smallest absolute Gasteiger partial charge is 0.244 e. The summed E-state index contributed by atoms with van der Waals surface area (Å²) in [6.07, 6.45) is 1.35. The van der Waals surface area contributed by atoms with Crippen molar-refractivity contribution in [3.63, 3.8) is 0 Å². The molecule has 2 rings (SSSR count). The minimum atomic E-state index is -3.53. The Morgan fingerprint density at radius 1 is 1.10 bits per heavy atom. The van der Waals surface area contributed by atoms with Crippen molar-refractivity contribution in [2.45, 2.75) is 35.9 Å². The van der Waals surface area contributed by atoms with Crippen LogP contribution in [-0.4, -0.2) is 56.0 Å². The van der Waals surface area contributed by atoms with Gasteiger partial charge in [-0.1, -0.05) is 25.6 Å². The van der Waals surface area contributed by atoms with E-state index in [9.17, 15) is 13.2 Å². The first-order valence-corrected chi connectivity index (χ1v) is 11.7. The number of benzene rings is 1. The Morgan fingerprint density at radius 2 is 1.72 bits per heavy atom. The molecular weight excluding hydrogens is 408 g/mol. The fourth-order valence-corrected chi connectivity index (χ4v) is 4.82. The van der Waals surface area contributed by atoms with Gasteiger partial charge in [-0.05, 0) is 43.3 Å². The third-order valence-electron chi connectivity index (χ3n) is 4.37. The van der Waals surface area contributed by atoms with Gasteiger partial charge in [-0.15, -0.1) is 0 Å². The first-order chi connectivity index (χ1) is 13.7. The van der Waals surface area contributed by atoms with Crippen LogP contribution < -0.4 is 10.2 Å². The Balaban J connectivity index is 2.01. The van der Waals surface area contributed by atoms with Crippen molar-refractivity contribution in [1.29, 1.82) is 0 Å². The normalized spacial score (nSPS) is 12.6. The highest BCUT2D eigenvalue weighted by Gasteiger charge is 2.22. The Hall–Kier alpha value is -2.10. The highest BCUT2D eigenvalue weighted by molar-refractivity contribution is 8.00. The van der Waals surface area contributed by atoms with Gasteiger partial charge in [0.15, 0.2) is 0 Å². The van der Waals surface area contributed by atoms with Crippen LogP contribution in [0.5, 0.6) is 0 Å². The number of rotatable bonds is 9. The molecule has 0 aliphatic rings. The predicted octanol–water partition coefficient (Wildman–Crippen LogP) is 3.30. The van der Waals surface area contributed by atoms with E-state index in [0.29, 0.717) is 18.1 Å². The standard InChI is InChI=1S/C20H28N4O3S2/c1-6-24(7-2)29(26,27)18-12-13-19(21-14-18)28-15(3)20(25)22-16-8-10-17(11-9-16)23(4)5/h8-15H,6-7H2,1-5H3,(H,22,25). The number of carbonyl (C=O) groups is 1. The molecule has 1 amide bonds. The van der Waals surface area contributed by atoms with E-state index in [-0.39, 0.29) is 16.1 Å². The van der Waals surface area contributed by atoms with Gasteiger partial charge in [-0.3, -0.25) is 4.79 Å². The first-order valence-electron chi connectivity index (χ1n) is 9.40. The van der Waals surface area contributed by atoms with Gasteiger partial charge >= 0.3 is 0 Å². The zero-order valence-electron chi connectivity index (χ0n) is 17.4. The topological polar surface area (TPSA) is 82.6 Å². The summed E-state index contributed by atoms with van der Waals surface area (Å²) in [5, 5.41) is 3.09. The van der Waals surface area contributed by atoms with Crippen molar-refractivity contribution < 1.29 is 13.2 Å². The van der Waals surface area contributed by atoms with Gasteiger partial charge in [0.25, 0.3) is 0 Å². The molecular formula is C20H28N4O3S2. The van der Waals surface area contributed by atoms with Crippen molar-refractivity contribution in [2.75, 3.05) is 37.4 Å². The highest BCUT2D eigenvalue weighted by atomic mass is 32.2. The number of anilines is 2. The molecule has 1 heterocycles. The zero-order chi connectivity index (χ0) is 21.6. The molecule has 0 fully saturated rings. The predicted molar refractivity (Wildman–Crippen MR) is 119 cm³/mol. The van der Waals surface area contributed by atoms with Crippen LogP contribution in [0, 0.1) is 0 Å². The van der Waals surface area contributed by atoms with Crippen LogP contribution >= 0.6 is 11.8 Å². The summed E-state index contributed by atoms with van der Waals surface area (Å²) in [6.45, 7) is 6.20. The Bertz CT molecular complexity index is 910. The van der Waals surface area contributed by atoms with E-state index < -0.39 is 10.0 Å². The van der Waals surface area contributed by atoms with E-state index in [0.717, 1.165) is 11.4 Å². The summed E-state index contributed by atoms with van der Waals surface area (Å²) in [7, 11) is 0.378. The molecule has 0 bridgehead atoms. The van der Waals surface area contributed by atoms with Gasteiger partial charge in [0.1, 0.15) is 4.90 Å². The molecule has 1 aromatic carbocycles. The molecule has 1 aromatic heterocycles. The Kier molecular flexibility index (Phi) is 8.06. The molecule has 9 heteroatoms. The maximum Gasteiger partial charge on any atom is 0.244 e. The number of aromatic nitrogens is 1. The molecule has 29 heavy (non-hydrogen) atoms. The SMILES string of the molecule is CCN(CC)S(=O)(=O)c1ccc(SC(C)C(=O)Nc2ccc(N(C)C)cc2)nc1. The molecule has 7 nitrogen and oxygen atoms in total. The molecule has 1 unspecified atom stereocenters. The number of pyridine rings is 1. The summed E-state index contributed by atoms with van der Waals surface area (Å²) >= 11 is 1.28. The second-order valence-electron chi connectivity index (χ2n) is 6.61.